The van der Waals surface area contributed by atoms with E-state index in [0.29, 0.717) is 12.8 Å². The van der Waals surface area contributed by atoms with Gasteiger partial charge in [-0.3, -0.25) is 9.69 Å². The average Bonchev–Trinajstić information content (AvgIpc) is 3.25. The number of nitrogens with one attached hydrogen (secondary N) is 1. The molecule has 2 heterocycles. The molecule has 0 atom stereocenters. The second kappa shape index (κ2) is 9.20. The Morgan fingerprint density at radius 1 is 1.24 bits per heavy atom. The van der Waals surface area contributed by atoms with Gasteiger partial charge >= 0.3 is 0 Å². The van der Waals surface area contributed by atoms with Crippen molar-refractivity contribution in [3.63, 3.8) is 0 Å². The number of hydrogen-bond donors (Lipinski definition) is 1. The highest BCUT2D eigenvalue weighted by molar-refractivity contribution is 7.09. The van der Waals surface area contributed by atoms with E-state index in [1.807, 2.05) is 41.9 Å². The zero-order valence-corrected chi connectivity index (χ0v) is 17.4. The molecule has 4 rings (SSSR count). The Bertz CT molecular complexity index is 972. The van der Waals surface area contributed by atoms with Gasteiger partial charge in [-0.2, -0.15) is 0 Å². The van der Waals surface area contributed by atoms with Crippen LogP contribution in [0.15, 0.2) is 54.0 Å². The van der Waals surface area contributed by atoms with Crippen LogP contribution in [-0.2, 0) is 30.7 Å². The minimum atomic E-state index is 0.0197. The topological polar surface area (TPSA) is 54.5 Å². The molecular weight excluding hydrogens is 382 g/mol. The molecule has 0 bridgehead atoms. The summed E-state index contributed by atoms with van der Waals surface area (Å²) < 4.78 is 5.37. The van der Waals surface area contributed by atoms with Crippen LogP contribution >= 0.6 is 11.3 Å². The molecular formula is C23H25N3O2S. The van der Waals surface area contributed by atoms with Gasteiger partial charge in [0, 0.05) is 36.8 Å². The average molecular weight is 408 g/mol. The number of nitrogens with zero attached hydrogens (tertiary/aromatic N) is 2. The highest BCUT2D eigenvalue weighted by Gasteiger charge is 2.18. The molecule has 1 aliphatic heterocycles. The minimum absolute atomic E-state index is 0.0197. The number of fused-ring (bicyclic) bond motifs is 1. The van der Waals surface area contributed by atoms with Crippen LogP contribution < -0.4 is 10.1 Å². The number of anilines is 1. The second-order valence-electron chi connectivity index (χ2n) is 7.23. The van der Waals surface area contributed by atoms with Gasteiger partial charge in [0.25, 0.3) is 0 Å². The lowest BCUT2D eigenvalue weighted by Gasteiger charge is -2.28. The summed E-state index contributed by atoms with van der Waals surface area (Å²) in [6.07, 6.45) is 3.97. The number of ether oxygens (including phenoxy) is 1. The number of thiazole rings is 1. The Hall–Kier alpha value is -2.70. The van der Waals surface area contributed by atoms with Crippen molar-refractivity contribution in [1.29, 1.82) is 0 Å². The van der Waals surface area contributed by atoms with Gasteiger partial charge in [-0.15, -0.1) is 11.3 Å². The Kier molecular flexibility index (Phi) is 6.22. The molecule has 6 heteroatoms. The van der Waals surface area contributed by atoms with Crippen LogP contribution in [0.25, 0.3) is 0 Å². The third-order valence-corrected chi connectivity index (χ3v) is 6.00. The number of amides is 1. The van der Waals surface area contributed by atoms with Crippen LogP contribution in [0.3, 0.4) is 0 Å². The fraction of sp³-hybridized carbons (Fsp3) is 0.304. The first-order chi connectivity index (χ1) is 14.2. The number of rotatable bonds is 7. The van der Waals surface area contributed by atoms with Crippen LogP contribution in [-0.4, -0.2) is 29.4 Å². The molecule has 1 N–H and O–H groups in total. The molecule has 0 radical (unpaired) electrons. The highest BCUT2D eigenvalue weighted by atomic mass is 32.1. The van der Waals surface area contributed by atoms with Crippen molar-refractivity contribution in [2.45, 2.75) is 32.4 Å². The molecule has 1 amide bonds. The van der Waals surface area contributed by atoms with Crippen molar-refractivity contribution in [2.24, 2.45) is 0 Å². The van der Waals surface area contributed by atoms with Gasteiger partial charge in [-0.05, 0) is 47.7 Å². The van der Waals surface area contributed by atoms with E-state index in [2.05, 4.69) is 27.3 Å². The summed E-state index contributed by atoms with van der Waals surface area (Å²) in [6, 6.07) is 14.1. The SMILES string of the molecule is COc1ccccc1CCC(=O)Nc1ccc2c(c1)CN(Cc1nccs1)CC2. The van der Waals surface area contributed by atoms with Gasteiger partial charge in [0.15, 0.2) is 0 Å². The van der Waals surface area contributed by atoms with E-state index in [9.17, 15) is 4.79 Å². The molecule has 0 saturated heterocycles. The molecule has 3 aromatic rings. The summed E-state index contributed by atoms with van der Waals surface area (Å²) in [4.78, 5) is 19.3. The maximum absolute atomic E-state index is 12.5. The third-order valence-electron chi connectivity index (χ3n) is 5.24. The van der Waals surface area contributed by atoms with E-state index in [1.165, 1.54) is 11.1 Å². The molecule has 1 aliphatic rings. The molecule has 0 aliphatic carbocycles. The largest absolute Gasteiger partial charge is 0.496 e. The third kappa shape index (κ3) is 5.02. The lowest BCUT2D eigenvalue weighted by atomic mass is 9.99. The van der Waals surface area contributed by atoms with Crippen LogP contribution in [0, 0.1) is 0 Å². The number of hydrogen-bond acceptors (Lipinski definition) is 5. The fourth-order valence-electron chi connectivity index (χ4n) is 3.73. The predicted octanol–water partition coefficient (Wildman–Crippen LogP) is 4.28. The van der Waals surface area contributed by atoms with E-state index in [4.69, 9.17) is 4.74 Å². The normalized spacial score (nSPS) is 13.7. The summed E-state index contributed by atoms with van der Waals surface area (Å²) in [5.41, 5.74) is 4.57. The summed E-state index contributed by atoms with van der Waals surface area (Å²) in [7, 11) is 1.66. The number of carbonyl (C=O) groups is 1. The molecule has 29 heavy (non-hydrogen) atoms. The Balaban J connectivity index is 1.35. The lowest BCUT2D eigenvalue weighted by Crippen LogP contribution is -2.30. The summed E-state index contributed by atoms with van der Waals surface area (Å²) in [6.45, 7) is 2.81. The number of benzene rings is 2. The van der Waals surface area contributed by atoms with Crippen molar-refractivity contribution >= 4 is 22.9 Å². The Labute approximate surface area is 175 Å². The van der Waals surface area contributed by atoms with Crippen molar-refractivity contribution in [1.82, 2.24) is 9.88 Å². The van der Waals surface area contributed by atoms with E-state index < -0.39 is 0 Å². The van der Waals surface area contributed by atoms with Gasteiger partial charge in [0.1, 0.15) is 10.8 Å². The Morgan fingerprint density at radius 3 is 2.97 bits per heavy atom. The summed E-state index contributed by atoms with van der Waals surface area (Å²) in [5, 5.41) is 6.22. The highest BCUT2D eigenvalue weighted by Crippen LogP contribution is 2.25. The maximum atomic E-state index is 12.5. The zero-order chi connectivity index (χ0) is 20.1. The van der Waals surface area contributed by atoms with Gasteiger partial charge < -0.3 is 10.1 Å². The van der Waals surface area contributed by atoms with Gasteiger partial charge in [-0.25, -0.2) is 4.98 Å². The van der Waals surface area contributed by atoms with Crippen LogP contribution in [0.5, 0.6) is 5.75 Å². The summed E-state index contributed by atoms with van der Waals surface area (Å²) >= 11 is 1.70. The van der Waals surface area contributed by atoms with Crippen molar-refractivity contribution in [3.8, 4) is 5.75 Å². The molecule has 0 fully saturated rings. The van der Waals surface area contributed by atoms with E-state index in [1.54, 1.807) is 18.4 Å². The minimum Gasteiger partial charge on any atom is -0.496 e. The standard InChI is InChI=1S/C23H25N3O2S/c1-28-21-5-3-2-4-18(21)7-9-22(27)25-20-8-6-17-10-12-26(15-19(17)14-20)16-23-24-11-13-29-23/h2-6,8,11,13-14H,7,9-10,12,15-16H2,1H3,(H,25,27). The van der Waals surface area contributed by atoms with E-state index >= 15 is 0 Å². The number of methoxy groups -OCH3 is 1. The lowest BCUT2D eigenvalue weighted by molar-refractivity contribution is -0.116. The number of aryl methyl sites for hydroxylation is 1. The molecule has 1 aromatic heterocycles. The van der Waals surface area contributed by atoms with Crippen LogP contribution in [0.2, 0.25) is 0 Å². The van der Waals surface area contributed by atoms with Crippen LogP contribution in [0.1, 0.15) is 28.1 Å². The fourth-order valence-corrected chi connectivity index (χ4v) is 4.39. The smallest absolute Gasteiger partial charge is 0.224 e. The second-order valence-corrected chi connectivity index (χ2v) is 8.21. The maximum Gasteiger partial charge on any atom is 0.224 e. The number of aromatic nitrogens is 1. The predicted molar refractivity (Wildman–Crippen MR) is 116 cm³/mol. The quantitative estimate of drug-likeness (QED) is 0.635. The number of para-hydroxylation sites is 1. The molecule has 150 valence electrons. The first-order valence-electron chi connectivity index (χ1n) is 9.85. The molecule has 0 spiro atoms. The molecule has 0 unspecified atom stereocenters. The summed E-state index contributed by atoms with van der Waals surface area (Å²) in [5.74, 6) is 0.848. The van der Waals surface area contributed by atoms with E-state index in [-0.39, 0.29) is 5.91 Å². The van der Waals surface area contributed by atoms with Gasteiger partial charge in [0.2, 0.25) is 5.91 Å². The first kappa shape index (κ1) is 19.6. The van der Waals surface area contributed by atoms with Crippen molar-refractivity contribution < 1.29 is 9.53 Å². The van der Waals surface area contributed by atoms with Gasteiger partial charge in [-0.1, -0.05) is 24.3 Å². The monoisotopic (exact) mass is 407 g/mol. The zero-order valence-electron chi connectivity index (χ0n) is 16.6. The Morgan fingerprint density at radius 2 is 2.14 bits per heavy atom. The van der Waals surface area contributed by atoms with Gasteiger partial charge in [0.05, 0.1) is 13.7 Å². The first-order valence-corrected chi connectivity index (χ1v) is 10.7. The van der Waals surface area contributed by atoms with Crippen molar-refractivity contribution in [3.05, 3.63) is 75.7 Å². The number of carbonyl (C=O) groups excluding carboxylic acids is 1. The van der Waals surface area contributed by atoms with Crippen LogP contribution in [0.4, 0.5) is 5.69 Å². The van der Waals surface area contributed by atoms with Crippen molar-refractivity contribution in [2.75, 3.05) is 19.0 Å². The van der Waals surface area contributed by atoms with E-state index in [0.717, 1.165) is 48.1 Å². The molecule has 2 aromatic carbocycles. The molecule has 5 nitrogen and oxygen atoms in total. The molecule has 0 saturated carbocycles.